The van der Waals surface area contributed by atoms with Gasteiger partial charge < -0.3 is 14.4 Å². The molecule has 1 aromatic heterocycles. The molecular weight excluding hydrogens is 427 g/mol. The smallest absolute Gasteiger partial charge is 0.285 e. The van der Waals surface area contributed by atoms with E-state index in [2.05, 4.69) is 22.0 Å². The van der Waals surface area contributed by atoms with Crippen LogP contribution in [0.15, 0.2) is 53.8 Å². The quantitative estimate of drug-likeness (QED) is 0.670. The summed E-state index contributed by atoms with van der Waals surface area (Å²) < 4.78 is 11.6. The van der Waals surface area contributed by atoms with Crippen molar-refractivity contribution in [3.8, 4) is 5.75 Å². The molecule has 1 aromatic carbocycles. The van der Waals surface area contributed by atoms with Crippen LogP contribution in [0.3, 0.4) is 0 Å². The fourth-order valence-corrected chi connectivity index (χ4v) is 3.57. The van der Waals surface area contributed by atoms with E-state index in [0.29, 0.717) is 29.8 Å². The van der Waals surface area contributed by atoms with Crippen LogP contribution in [0.5, 0.6) is 5.75 Å². The molecule has 0 radical (unpaired) electrons. The topological polar surface area (TPSA) is 67.3 Å². The van der Waals surface area contributed by atoms with Crippen molar-refractivity contribution < 1.29 is 14.3 Å². The van der Waals surface area contributed by atoms with Gasteiger partial charge in [-0.05, 0) is 57.1 Å². The second kappa shape index (κ2) is 11.2. The molecule has 30 heavy (non-hydrogen) atoms. The molecule has 0 spiro atoms. The van der Waals surface area contributed by atoms with E-state index in [1.54, 1.807) is 6.20 Å². The number of aromatic nitrogens is 1. The van der Waals surface area contributed by atoms with Crippen molar-refractivity contribution in [2.24, 2.45) is 5.10 Å². The lowest BCUT2D eigenvalue weighted by atomic mass is 10.1. The number of nitrogens with zero attached hydrogens (tertiary/aromatic N) is 4. The van der Waals surface area contributed by atoms with Gasteiger partial charge in [-0.1, -0.05) is 18.2 Å². The summed E-state index contributed by atoms with van der Waals surface area (Å²) in [5.41, 5.74) is 1.20. The number of carbonyl (C=O) groups is 1. The Morgan fingerprint density at radius 2 is 1.97 bits per heavy atom. The zero-order chi connectivity index (χ0) is 19.3. The van der Waals surface area contributed by atoms with Gasteiger partial charge in [-0.2, -0.15) is 5.01 Å². The number of hydrogen-bond acceptors (Lipinski definition) is 6. The number of halogens is 2. The number of ether oxygens (including phenoxy) is 2. The molecule has 1 saturated heterocycles. The summed E-state index contributed by atoms with van der Waals surface area (Å²) in [5.74, 6) is 0.680. The van der Waals surface area contributed by atoms with Gasteiger partial charge in [0.15, 0.2) is 18.1 Å². The maximum absolute atomic E-state index is 12.2. The van der Waals surface area contributed by atoms with Crippen LogP contribution in [0.4, 0.5) is 5.69 Å². The van der Waals surface area contributed by atoms with Crippen molar-refractivity contribution in [1.82, 2.24) is 9.88 Å². The zero-order valence-electron chi connectivity index (χ0n) is 16.8. The molecule has 0 aliphatic carbocycles. The summed E-state index contributed by atoms with van der Waals surface area (Å²) in [6, 6.07) is 13.5. The normalized spacial score (nSPS) is 18.7. The first-order chi connectivity index (χ1) is 13.7. The number of amides is 1. The molecule has 162 valence electrons. The standard InChI is InChI=1S/C21H24N4O3.2ClH/c1-24-13-6-9-16(24)11-14-27-18-10-5-12-22-20(18)21-23-25(19(26)15-28-21)17-7-3-2-4-8-17;;/h2-5,7-8,10,12,16H,6,9,11,13-15H2,1H3;2*1H. The Bertz CT molecular complexity index is 866. The van der Waals surface area contributed by atoms with Crippen LogP contribution < -0.4 is 9.75 Å². The summed E-state index contributed by atoms with van der Waals surface area (Å²) in [6.07, 6.45) is 5.09. The summed E-state index contributed by atoms with van der Waals surface area (Å²) in [5, 5.41) is 5.74. The highest BCUT2D eigenvalue weighted by atomic mass is 35.5. The molecule has 2 aliphatic heterocycles. The molecule has 4 rings (SSSR count). The first-order valence-corrected chi connectivity index (χ1v) is 9.60. The third-order valence-electron chi connectivity index (χ3n) is 5.11. The number of rotatable bonds is 6. The average Bonchev–Trinajstić information content (AvgIpc) is 3.14. The molecule has 2 aromatic rings. The minimum atomic E-state index is -0.224. The molecule has 1 unspecified atom stereocenters. The van der Waals surface area contributed by atoms with Gasteiger partial charge in [0, 0.05) is 12.2 Å². The molecule has 1 atom stereocenters. The van der Waals surface area contributed by atoms with Gasteiger partial charge in [0.05, 0.1) is 12.3 Å². The number of likely N-dealkylation sites (tertiary alicyclic amines) is 1. The van der Waals surface area contributed by atoms with Crippen molar-refractivity contribution in [1.29, 1.82) is 0 Å². The number of anilines is 1. The van der Waals surface area contributed by atoms with Gasteiger partial charge in [-0.25, -0.2) is 4.98 Å². The van der Waals surface area contributed by atoms with E-state index >= 15 is 0 Å². The van der Waals surface area contributed by atoms with Crippen LogP contribution in [-0.4, -0.2) is 54.5 Å². The minimum absolute atomic E-state index is 0. The number of benzene rings is 1. The minimum Gasteiger partial charge on any atom is -0.491 e. The Labute approximate surface area is 188 Å². The van der Waals surface area contributed by atoms with Crippen LogP contribution in [-0.2, 0) is 9.53 Å². The van der Waals surface area contributed by atoms with Crippen molar-refractivity contribution in [2.45, 2.75) is 25.3 Å². The third kappa shape index (κ3) is 5.41. The van der Waals surface area contributed by atoms with Gasteiger partial charge in [0.2, 0.25) is 0 Å². The highest BCUT2D eigenvalue weighted by molar-refractivity contribution is 6.04. The van der Waals surface area contributed by atoms with Crippen molar-refractivity contribution in [2.75, 3.05) is 31.8 Å². The van der Waals surface area contributed by atoms with Crippen molar-refractivity contribution in [3.63, 3.8) is 0 Å². The lowest BCUT2D eigenvalue weighted by Gasteiger charge is -2.24. The van der Waals surface area contributed by atoms with Gasteiger partial charge in [-0.15, -0.1) is 29.9 Å². The van der Waals surface area contributed by atoms with Crippen LogP contribution in [0, 0.1) is 0 Å². The summed E-state index contributed by atoms with van der Waals surface area (Å²) in [7, 11) is 2.16. The first-order valence-electron chi connectivity index (χ1n) is 9.60. The number of carbonyl (C=O) groups excluding carboxylic acids is 1. The largest absolute Gasteiger partial charge is 0.491 e. The lowest BCUT2D eigenvalue weighted by Crippen LogP contribution is -2.37. The Kier molecular flexibility index (Phi) is 8.89. The van der Waals surface area contributed by atoms with E-state index < -0.39 is 0 Å². The summed E-state index contributed by atoms with van der Waals surface area (Å²) in [6.45, 7) is 1.66. The molecule has 1 fully saturated rings. The van der Waals surface area contributed by atoms with Gasteiger partial charge in [-0.3, -0.25) is 4.79 Å². The molecule has 0 bridgehead atoms. The SMILES string of the molecule is CN1CCCC1CCOc1cccnc1C1=NN(c2ccccc2)C(=O)CO1.Cl.Cl. The van der Waals surface area contributed by atoms with E-state index in [0.717, 1.165) is 13.0 Å². The van der Waals surface area contributed by atoms with E-state index in [4.69, 9.17) is 9.47 Å². The van der Waals surface area contributed by atoms with Crippen LogP contribution in [0.1, 0.15) is 25.0 Å². The van der Waals surface area contributed by atoms with Crippen molar-refractivity contribution >= 4 is 42.3 Å². The predicted molar refractivity (Wildman–Crippen MR) is 121 cm³/mol. The predicted octanol–water partition coefficient (Wildman–Crippen LogP) is 3.51. The van der Waals surface area contributed by atoms with Crippen LogP contribution in [0.25, 0.3) is 0 Å². The molecule has 0 saturated carbocycles. The molecule has 9 heteroatoms. The maximum Gasteiger partial charge on any atom is 0.285 e. The highest BCUT2D eigenvalue weighted by Crippen LogP contribution is 2.24. The monoisotopic (exact) mass is 452 g/mol. The highest BCUT2D eigenvalue weighted by Gasteiger charge is 2.27. The molecular formula is C21H26Cl2N4O3. The average molecular weight is 453 g/mol. The fourth-order valence-electron chi connectivity index (χ4n) is 3.57. The summed E-state index contributed by atoms with van der Waals surface area (Å²) in [4.78, 5) is 19.0. The van der Waals surface area contributed by atoms with E-state index in [9.17, 15) is 4.79 Å². The van der Waals surface area contributed by atoms with Gasteiger partial charge >= 0.3 is 0 Å². The van der Waals surface area contributed by atoms with E-state index in [-0.39, 0.29) is 43.2 Å². The molecule has 2 aliphatic rings. The van der Waals surface area contributed by atoms with Crippen LogP contribution >= 0.6 is 24.8 Å². The maximum atomic E-state index is 12.2. The molecule has 7 nitrogen and oxygen atoms in total. The number of pyridine rings is 1. The number of para-hydroxylation sites is 1. The Morgan fingerprint density at radius 3 is 2.70 bits per heavy atom. The van der Waals surface area contributed by atoms with Crippen LogP contribution in [0.2, 0.25) is 0 Å². The molecule has 1 amide bonds. The van der Waals surface area contributed by atoms with E-state index in [1.165, 1.54) is 17.9 Å². The first kappa shape index (κ1) is 23.9. The number of hydrogen-bond donors (Lipinski definition) is 0. The fraction of sp³-hybridized carbons (Fsp3) is 0.381. The Hall–Kier alpha value is -2.35. The molecule has 3 heterocycles. The van der Waals surface area contributed by atoms with E-state index in [1.807, 2.05) is 42.5 Å². The van der Waals surface area contributed by atoms with Crippen molar-refractivity contribution in [3.05, 3.63) is 54.4 Å². The zero-order valence-corrected chi connectivity index (χ0v) is 18.4. The van der Waals surface area contributed by atoms with Gasteiger partial charge in [0.1, 0.15) is 0 Å². The Balaban J connectivity index is 0.00000160. The second-order valence-corrected chi connectivity index (χ2v) is 7.00. The summed E-state index contributed by atoms with van der Waals surface area (Å²) >= 11 is 0. The van der Waals surface area contributed by atoms with Gasteiger partial charge in [0.25, 0.3) is 11.8 Å². The second-order valence-electron chi connectivity index (χ2n) is 7.00. The lowest BCUT2D eigenvalue weighted by molar-refractivity contribution is -0.121. The third-order valence-corrected chi connectivity index (χ3v) is 5.11. The Morgan fingerprint density at radius 1 is 1.17 bits per heavy atom. The molecule has 0 N–H and O–H groups in total. The number of hydrazone groups is 1.